The van der Waals surface area contributed by atoms with E-state index in [-0.39, 0.29) is 5.78 Å². The predicted octanol–water partition coefficient (Wildman–Crippen LogP) is 4.22. The lowest BCUT2D eigenvalue weighted by Gasteiger charge is -2.07. The van der Waals surface area contributed by atoms with Gasteiger partial charge in [-0.1, -0.05) is 30.3 Å². The molecule has 0 radical (unpaired) electrons. The van der Waals surface area contributed by atoms with Crippen LogP contribution in [0.5, 0.6) is 0 Å². The molecular weight excluding hydrogens is 266 g/mol. The van der Waals surface area contributed by atoms with Gasteiger partial charge in [0.2, 0.25) is 0 Å². The summed E-state index contributed by atoms with van der Waals surface area (Å²) in [4.78, 5) is 12.5. The minimum atomic E-state index is 0.123. The molecule has 1 heterocycles. The maximum atomic E-state index is 12.5. The molecule has 2 N–H and O–H groups in total. The van der Waals surface area contributed by atoms with Crippen molar-refractivity contribution in [3.8, 4) is 0 Å². The van der Waals surface area contributed by atoms with Gasteiger partial charge in [0.15, 0.2) is 5.78 Å². The molecule has 1 aromatic heterocycles. The monoisotopic (exact) mass is 281 g/mol. The second-order valence-corrected chi connectivity index (χ2v) is 5.79. The molecule has 20 heavy (non-hydrogen) atoms. The van der Waals surface area contributed by atoms with Crippen LogP contribution < -0.4 is 5.73 Å². The average molecular weight is 281 g/mol. The van der Waals surface area contributed by atoms with E-state index < -0.39 is 0 Å². The molecule has 0 aliphatic carbocycles. The minimum absolute atomic E-state index is 0.123. The Labute approximate surface area is 121 Å². The summed E-state index contributed by atoms with van der Waals surface area (Å²) in [5, 5.41) is 3.25. The molecule has 0 aliphatic rings. The summed E-state index contributed by atoms with van der Waals surface area (Å²) in [6, 6.07) is 13.7. The van der Waals surface area contributed by atoms with E-state index >= 15 is 0 Å². The molecule has 0 saturated carbocycles. The summed E-state index contributed by atoms with van der Waals surface area (Å²) in [5.41, 5.74) is 9.23. The highest BCUT2D eigenvalue weighted by Crippen LogP contribution is 2.27. The number of Topliss-reactive ketones (excluding diaryl/α,β-unsaturated/α-hetero) is 1. The molecule has 0 spiro atoms. The fourth-order valence-electron chi connectivity index (χ4n) is 2.39. The van der Waals surface area contributed by atoms with Gasteiger partial charge in [-0.05, 0) is 40.9 Å². The number of nitrogen functional groups attached to an aromatic ring is 1. The topological polar surface area (TPSA) is 43.1 Å². The van der Waals surface area contributed by atoms with Crippen molar-refractivity contribution in [3.63, 3.8) is 0 Å². The molecule has 2 nitrogen and oxygen atoms in total. The van der Waals surface area contributed by atoms with Crippen molar-refractivity contribution in [2.24, 2.45) is 0 Å². The number of rotatable bonds is 3. The fourth-order valence-corrected chi connectivity index (χ4v) is 3.36. The Kier molecular flexibility index (Phi) is 3.28. The number of hydrogen-bond acceptors (Lipinski definition) is 3. The molecular formula is C17H15NOS. The maximum absolute atomic E-state index is 12.5. The third kappa shape index (κ3) is 2.21. The molecule has 100 valence electrons. The molecule has 0 aliphatic heterocycles. The Hall–Kier alpha value is -2.13. The van der Waals surface area contributed by atoms with Gasteiger partial charge in [-0.15, -0.1) is 11.3 Å². The molecule has 3 aromatic rings. The molecule has 0 saturated heterocycles. The van der Waals surface area contributed by atoms with Crippen molar-refractivity contribution in [3.05, 3.63) is 64.5 Å². The summed E-state index contributed by atoms with van der Waals surface area (Å²) in [6.07, 6.45) is 0.425. The van der Waals surface area contributed by atoms with Gasteiger partial charge in [-0.2, -0.15) is 0 Å². The summed E-state index contributed by atoms with van der Waals surface area (Å²) < 4.78 is 1.22. The van der Waals surface area contributed by atoms with E-state index in [1.165, 1.54) is 10.1 Å². The van der Waals surface area contributed by atoms with Gasteiger partial charge in [-0.25, -0.2) is 0 Å². The number of fused-ring (bicyclic) bond motifs is 1. The second kappa shape index (κ2) is 5.10. The third-order valence-corrected chi connectivity index (χ3v) is 4.60. The third-order valence-electron chi connectivity index (χ3n) is 3.59. The lowest BCUT2D eigenvalue weighted by atomic mass is 9.98. The second-order valence-electron chi connectivity index (χ2n) is 4.88. The van der Waals surface area contributed by atoms with Crippen LogP contribution in [0.4, 0.5) is 5.69 Å². The largest absolute Gasteiger partial charge is 0.398 e. The predicted molar refractivity (Wildman–Crippen MR) is 85.5 cm³/mol. The zero-order valence-corrected chi connectivity index (χ0v) is 12.0. The zero-order valence-electron chi connectivity index (χ0n) is 11.2. The van der Waals surface area contributed by atoms with Crippen LogP contribution in [0.15, 0.2) is 47.8 Å². The van der Waals surface area contributed by atoms with Gasteiger partial charge in [0.25, 0.3) is 0 Å². The highest BCUT2D eigenvalue weighted by molar-refractivity contribution is 7.17. The number of hydrogen-bond donors (Lipinski definition) is 1. The van der Waals surface area contributed by atoms with Crippen molar-refractivity contribution in [1.29, 1.82) is 0 Å². The van der Waals surface area contributed by atoms with Crippen LogP contribution in [0, 0.1) is 6.92 Å². The summed E-state index contributed by atoms with van der Waals surface area (Å²) in [5.74, 6) is 0.123. The Morgan fingerprint density at radius 1 is 1.15 bits per heavy atom. The van der Waals surface area contributed by atoms with E-state index in [9.17, 15) is 4.79 Å². The number of nitrogens with two attached hydrogens (primary N) is 1. The molecule has 0 amide bonds. The van der Waals surface area contributed by atoms with Crippen molar-refractivity contribution in [1.82, 2.24) is 0 Å². The standard InChI is InChI=1S/C17H15NOS/c1-11-13(6-4-7-15(11)18)16(19)9-12-10-20-17-8-3-2-5-14(12)17/h2-8,10H,9,18H2,1H3. The number of anilines is 1. The number of carbonyl (C=O) groups excluding carboxylic acids is 1. The van der Waals surface area contributed by atoms with Gasteiger partial charge in [0.05, 0.1) is 0 Å². The highest BCUT2D eigenvalue weighted by Gasteiger charge is 2.13. The SMILES string of the molecule is Cc1c(N)cccc1C(=O)Cc1csc2ccccc12. The Morgan fingerprint density at radius 3 is 2.80 bits per heavy atom. The molecule has 3 rings (SSSR count). The van der Waals surface area contributed by atoms with Crippen molar-refractivity contribution < 1.29 is 4.79 Å². The summed E-state index contributed by atoms with van der Waals surface area (Å²) >= 11 is 1.68. The first-order valence-corrected chi connectivity index (χ1v) is 7.38. The summed E-state index contributed by atoms with van der Waals surface area (Å²) in [7, 11) is 0. The molecule has 0 atom stereocenters. The number of benzene rings is 2. The van der Waals surface area contributed by atoms with Crippen molar-refractivity contribution in [2.45, 2.75) is 13.3 Å². The zero-order chi connectivity index (χ0) is 14.1. The van der Waals surface area contributed by atoms with Gasteiger partial charge in [0.1, 0.15) is 0 Å². The van der Waals surface area contributed by atoms with E-state index in [1.807, 2.05) is 37.3 Å². The van der Waals surface area contributed by atoms with Gasteiger partial charge < -0.3 is 5.73 Å². The van der Waals surface area contributed by atoms with Crippen molar-refractivity contribution >= 4 is 32.9 Å². The van der Waals surface area contributed by atoms with Crippen LogP contribution in [0.1, 0.15) is 21.5 Å². The van der Waals surface area contributed by atoms with Gasteiger partial charge in [-0.3, -0.25) is 4.79 Å². The molecule has 0 unspecified atom stereocenters. The lowest BCUT2D eigenvalue weighted by molar-refractivity contribution is 0.0993. The van der Waals surface area contributed by atoms with E-state index in [2.05, 4.69) is 17.5 Å². The van der Waals surface area contributed by atoms with Crippen LogP contribution in [0.3, 0.4) is 0 Å². The maximum Gasteiger partial charge on any atom is 0.167 e. The van der Waals surface area contributed by atoms with E-state index in [0.717, 1.165) is 16.7 Å². The first-order valence-electron chi connectivity index (χ1n) is 6.50. The summed E-state index contributed by atoms with van der Waals surface area (Å²) in [6.45, 7) is 1.90. The first-order chi connectivity index (χ1) is 9.66. The lowest BCUT2D eigenvalue weighted by Crippen LogP contribution is -2.06. The Morgan fingerprint density at radius 2 is 1.95 bits per heavy atom. The highest BCUT2D eigenvalue weighted by atomic mass is 32.1. The van der Waals surface area contributed by atoms with Crippen LogP contribution >= 0.6 is 11.3 Å². The molecule has 0 fully saturated rings. The van der Waals surface area contributed by atoms with Crippen LogP contribution in [-0.4, -0.2) is 5.78 Å². The van der Waals surface area contributed by atoms with Crippen LogP contribution in [-0.2, 0) is 6.42 Å². The minimum Gasteiger partial charge on any atom is -0.398 e. The van der Waals surface area contributed by atoms with E-state index in [4.69, 9.17) is 5.73 Å². The average Bonchev–Trinajstić information content (AvgIpc) is 2.85. The Bertz CT molecular complexity index is 789. The fraction of sp³-hybridized carbons (Fsp3) is 0.118. The number of thiophene rings is 1. The molecule has 2 aromatic carbocycles. The molecule has 0 bridgehead atoms. The first kappa shape index (κ1) is 12.9. The van der Waals surface area contributed by atoms with Crippen LogP contribution in [0.25, 0.3) is 10.1 Å². The van der Waals surface area contributed by atoms with Gasteiger partial charge >= 0.3 is 0 Å². The van der Waals surface area contributed by atoms with Crippen molar-refractivity contribution in [2.75, 3.05) is 5.73 Å². The normalized spacial score (nSPS) is 10.8. The van der Waals surface area contributed by atoms with Crippen LogP contribution in [0.2, 0.25) is 0 Å². The molecule has 3 heteroatoms. The quantitative estimate of drug-likeness (QED) is 0.577. The number of ketones is 1. The number of carbonyl (C=O) groups is 1. The van der Waals surface area contributed by atoms with Gasteiger partial charge in [0, 0.05) is 22.4 Å². The Balaban J connectivity index is 1.95. The van der Waals surface area contributed by atoms with E-state index in [0.29, 0.717) is 12.1 Å². The smallest absolute Gasteiger partial charge is 0.167 e. The van der Waals surface area contributed by atoms with E-state index in [1.54, 1.807) is 11.3 Å².